The first kappa shape index (κ1) is 10.5. The van der Waals surface area contributed by atoms with Gasteiger partial charge in [-0.3, -0.25) is 9.89 Å². The molecule has 1 heterocycles. The highest BCUT2D eigenvalue weighted by molar-refractivity contribution is 5.74. The highest BCUT2D eigenvalue weighted by atomic mass is 16.3. The second kappa shape index (κ2) is 4.07. The van der Waals surface area contributed by atoms with Crippen LogP contribution in [0.15, 0.2) is 6.20 Å². The van der Waals surface area contributed by atoms with Crippen molar-refractivity contribution in [2.24, 2.45) is 5.73 Å². The maximum Gasteiger partial charge on any atom is 0.220 e. The van der Waals surface area contributed by atoms with E-state index in [1.54, 1.807) is 0 Å². The van der Waals surface area contributed by atoms with Crippen molar-refractivity contribution in [3.63, 3.8) is 0 Å². The van der Waals surface area contributed by atoms with E-state index >= 15 is 0 Å². The van der Waals surface area contributed by atoms with Crippen LogP contribution in [0.5, 0.6) is 0 Å². The first-order chi connectivity index (χ1) is 6.52. The molecule has 1 amide bonds. The third-order valence-electron chi connectivity index (χ3n) is 1.79. The van der Waals surface area contributed by atoms with Crippen molar-refractivity contribution >= 4 is 11.7 Å². The summed E-state index contributed by atoms with van der Waals surface area (Å²) in [5.41, 5.74) is 10.5. The van der Waals surface area contributed by atoms with Crippen LogP contribution in [0.3, 0.4) is 0 Å². The molecule has 78 valence electrons. The van der Waals surface area contributed by atoms with E-state index in [1.807, 2.05) is 0 Å². The number of nitrogens with two attached hydrogens (primary N) is 2. The number of hydrogen-bond acceptors (Lipinski definition) is 5. The molecule has 2 unspecified atom stereocenters. The fourth-order valence-corrected chi connectivity index (χ4v) is 1.07. The van der Waals surface area contributed by atoms with E-state index in [1.165, 1.54) is 6.20 Å². The average Bonchev–Trinajstić information content (AvgIpc) is 2.48. The first-order valence-corrected chi connectivity index (χ1v) is 3.95. The Kier molecular flexibility index (Phi) is 3.05. The van der Waals surface area contributed by atoms with E-state index in [4.69, 9.17) is 11.5 Å². The fourth-order valence-electron chi connectivity index (χ4n) is 1.07. The number of primary amides is 1. The Labute approximate surface area is 79.7 Å². The van der Waals surface area contributed by atoms with Crippen LogP contribution in [-0.4, -0.2) is 32.4 Å². The maximum atomic E-state index is 10.5. The molecule has 1 rings (SSSR count). The highest BCUT2D eigenvalue weighted by Gasteiger charge is 2.23. The number of rotatable bonds is 4. The number of carbonyl (C=O) groups is 1. The molecule has 0 saturated carbocycles. The Balaban J connectivity index is 2.70. The third kappa shape index (κ3) is 2.21. The molecule has 2 atom stereocenters. The molecule has 14 heavy (non-hydrogen) atoms. The van der Waals surface area contributed by atoms with Gasteiger partial charge >= 0.3 is 0 Å². The van der Waals surface area contributed by atoms with Crippen LogP contribution in [-0.2, 0) is 4.79 Å². The van der Waals surface area contributed by atoms with Crippen molar-refractivity contribution in [3.05, 3.63) is 11.8 Å². The number of amides is 1. The predicted octanol–water partition coefficient (Wildman–Crippen LogP) is -1.74. The summed E-state index contributed by atoms with van der Waals surface area (Å²) in [6.07, 6.45) is -1.58. The topological polar surface area (TPSA) is 138 Å². The van der Waals surface area contributed by atoms with Crippen molar-refractivity contribution in [3.8, 4) is 0 Å². The zero-order chi connectivity index (χ0) is 10.7. The van der Waals surface area contributed by atoms with Crippen molar-refractivity contribution in [2.75, 3.05) is 5.73 Å². The summed E-state index contributed by atoms with van der Waals surface area (Å²) in [5, 5.41) is 24.8. The Morgan fingerprint density at radius 3 is 2.71 bits per heavy atom. The second-order valence-electron chi connectivity index (χ2n) is 2.92. The first-order valence-electron chi connectivity index (χ1n) is 3.95. The summed E-state index contributed by atoms with van der Waals surface area (Å²) in [7, 11) is 0. The Bertz CT molecular complexity index is 324. The molecule has 7 heteroatoms. The van der Waals surface area contributed by atoms with Gasteiger partial charge in [-0.15, -0.1) is 0 Å². The van der Waals surface area contributed by atoms with E-state index in [0.29, 0.717) is 0 Å². The SMILES string of the molecule is NC(=O)CC(O)C(O)c1cn[nH]c1N. The summed E-state index contributed by atoms with van der Waals surface area (Å²) in [5.74, 6) is -0.542. The number of aromatic amines is 1. The van der Waals surface area contributed by atoms with Crippen LogP contribution in [0, 0.1) is 0 Å². The van der Waals surface area contributed by atoms with Crippen LogP contribution in [0.25, 0.3) is 0 Å². The van der Waals surface area contributed by atoms with Crippen molar-refractivity contribution in [2.45, 2.75) is 18.6 Å². The van der Waals surface area contributed by atoms with E-state index in [0.717, 1.165) is 0 Å². The van der Waals surface area contributed by atoms with Crippen LogP contribution in [0.2, 0.25) is 0 Å². The van der Waals surface area contributed by atoms with Gasteiger partial charge in [-0.1, -0.05) is 0 Å². The molecule has 0 spiro atoms. The largest absolute Gasteiger partial charge is 0.390 e. The van der Waals surface area contributed by atoms with Gasteiger partial charge in [0.05, 0.1) is 18.7 Å². The maximum absolute atomic E-state index is 10.5. The van der Waals surface area contributed by atoms with Crippen molar-refractivity contribution in [1.29, 1.82) is 0 Å². The molecule has 0 bridgehead atoms. The van der Waals surface area contributed by atoms with Crippen LogP contribution < -0.4 is 11.5 Å². The van der Waals surface area contributed by atoms with Crippen LogP contribution in [0.4, 0.5) is 5.82 Å². The lowest BCUT2D eigenvalue weighted by Crippen LogP contribution is -2.25. The molecule has 7 N–H and O–H groups in total. The number of aromatic nitrogens is 2. The lowest BCUT2D eigenvalue weighted by Gasteiger charge is -2.15. The number of hydrogen-bond donors (Lipinski definition) is 5. The smallest absolute Gasteiger partial charge is 0.220 e. The number of nitrogen functional groups attached to an aromatic ring is 1. The number of nitrogens with zero attached hydrogens (tertiary/aromatic N) is 1. The standard InChI is InChI=1S/C7H12N4O3/c8-5(13)1-4(12)6(14)3-2-10-11-7(3)9/h2,4,6,12,14H,1H2,(H2,8,13)(H3,9,10,11). The number of H-pyrrole nitrogens is 1. The van der Waals surface area contributed by atoms with Gasteiger partial charge in [-0.05, 0) is 0 Å². The molecule has 0 aliphatic rings. The minimum atomic E-state index is -1.27. The van der Waals surface area contributed by atoms with Gasteiger partial charge in [0, 0.05) is 5.56 Å². The third-order valence-corrected chi connectivity index (χ3v) is 1.79. The highest BCUT2D eigenvalue weighted by Crippen LogP contribution is 2.22. The van der Waals surface area contributed by atoms with Crippen LogP contribution >= 0.6 is 0 Å². The summed E-state index contributed by atoms with van der Waals surface area (Å²) in [6.45, 7) is 0. The van der Waals surface area contributed by atoms with Gasteiger partial charge in [0.2, 0.25) is 5.91 Å². The molecule has 1 aromatic heterocycles. The summed E-state index contributed by atoms with van der Waals surface area (Å²) >= 11 is 0. The number of nitrogens with one attached hydrogen (secondary N) is 1. The number of aliphatic hydroxyl groups is 2. The molecule has 0 aliphatic heterocycles. The van der Waals surface area contributed by atoms with E-state index in [9.17, 15) is 15.0 Å². The van der Waals surface area contributed by atoms with Gasteiger partial charge in [0.15, 0.2) is 0 Å². The molecule has 1 aromatic rings. The molecule has 0 saturated heterocycles. The van der Waals surface area contributed by atoms with Gasteiger partial charge in [-0.25, -0.2) is 0 Å². The predicted molar refractivity (Wildman–Crippen MR) is 47.8 cm³/mol. The van der Waals surface area contributed by atoms with Gasteiger partial charge in [-0.2, -0.15) is 5.10 Å². The van der Waals surface area contributed by atoms with E-state index in [2.05, 4.69) is 10.2 Å². The minimum absolute atomic E-state index is 0.154. The Hall–Kier alpha value is -1.60. The minimum Gasteiger partial charge on any atom is -0.390 e. The zero-order valence-corrected chi connectivity index (χ0v) is 7.34. The van der Waals surface area contributed by atoms with Gasteiger partial charge in [0.1, 0.15) is 11.9 Å². The molecular formula is C7H12N4O3. The number of carbonyl (C=O) groups excluding carboxylic acids is 1. The molecule has 7 nitrogen and oxygen atoms in total. The van der Waals surface area contributed by atoms with Crippen molar-refractivity contribution in [1.82, 2.24) is 10.2 Å². The molecule has 0 radical (unpaired) electrons. The normalized spacial score (nSPS) is 15.0. The van der Waals surface area contributed by atoms with Crippen molar-refractivity contribution < 1.29 is 15.0 Å². The average molecular weight is 200 g/mol. The Morgan fingerprint density at radius 2 is 2.29 bits per heavy atom. The van der Waals surface area contributed by atoms with Gasteiger partial charge in [0.25, 0.3) is 0 Å². The van der Waals surface area contributed by atoms with E-state index in [-0.39, 0.29) is 17.8 Å². The van der Waals surface area contributed by atoms with E-state index < -0.39 is 18.1 Å². The lowest BCUT2D eigenvalue weighted by molar-refractivity contribution is -0.121. The molecule has 0 aromatic carbocycles. The number of aliphatic hydroxyl groups excluding tert-OH is 2. The molecule has 0 fully saturated rings. The summed E-state index contributed by atoms with van der Waals surface area (Å²) in [6, 6.07) is 0. The quantitative estimate of drug-likeness (QED) is 0.392. The molecule has 0 aliphatic carbocycles. The van der Waals surface area contributed by atoms with Gasteiger partial charge < -0.3 is 21.7 Å². The van der Waals surface area contributed by atoms with Crippen LogP contribution in [0.1, 0.15) is 18.1 Å². The fraction of sp³-hybridized carbons (Fsp3) is 0.429. The molecular weight excluding hydrogens is 188 g/mol. The number of anilines is 1. The Morgan fingerprint density at radius 1 is 1.64 bits per heavy atom. The zero-order valence-electron chi connectivity index (χ0n) is 7.34. The monoisotopic (exact) mass is 200 g/mol. The second-order valence-corrected chi connectivity index (χ2v) is 2.92. The summed E-state index contributed by atoms with van der Waals surface area (Å²) in [4.78, 5) is 10.5. The lowest BCUT2D eigenvalue weighted by atomic mass is 10.0. The summed E-state index contributed by atoms with van der Waals surface area (Å²) < 4.78 is 0.